The van der Waals surface area contributed by atoms with Crippen LogP contribution in [0.2, 0.25) is 0 Å². The van der Waals surface area contributed by atoms with Gasteiger partial charge in [-0.2, -0.15) is 0 Å². The van der Waals surface area contributed by atoms with Crippen molar-refractivity contribution in [2.75, 3.05) is 4.90 Å². The summed E-state index contributed by atoms with van der Waals surface area (Å²) in [5.74, 6) is 0. The van der Waals surface area contributed by atoms with E-state index in [4.69, 9.17) is 0 Å². The summed E-state index contributed by atoms with van der Waals surface area (Å²) in [6.07, 6.45) is 0. The van der Waals surface area contributed by atoms with Crippen LogP contribution in [-0.4, -0.2) is 13.7 Å². The maximum Gasteiger partial charge on any atom is 0.0542 e. The van der Waals surface area contributed by atoms with Crippen molar-refractivity contribution in [3.8, 4) is 17.1 Å². The maximum absolute atomic E-state index is 2.41. The fraction of sp³-hybridized carbons (Fsp3) is 0. The molecule has 0 N–H and O–H groups in total. The molecule has 4 nitrogen and oxygen atoms in total. The number of benzene rings is 9. The van der Waals surface area contributed by atoms with Gasteiger partial charge in [-0.05, 0) is 109 Å². The Kier molecular flexibility index (Phi) is 7.20. The van der Waals surface area contributed by atoms with Crippen molar-refractivity contribution < 1.29 is 0 Å². The number of hydrogen-bond acceptors (Lipinski definition) is 1. The largest absolute Gasteiger partial charge is 0.310 e. The number of fused-ring (bicyclic) bond motifs is 9. The van der Waals surface area contributed by atoms with Gasteiger partial charge in [-0.1, -0.05) is 109 Å². The van der Waals surface area contributed by atoms with E-state index in [9.17, 15) is 0 Å². The lowest BCUT2D eigenvalue weighted by Gasteiger charge is -2.26. The van der Waals surface area contributed by atoms with E-state index in [0.29, 0.717) is 0 Å². The highest BCUT2D eigenvalue weighted by atomic mass is 15.1. The van der Waals surface area contributed by atoms with Gasteiger partial charge in [0.2, 0.25) is 0 Å². The molecule has 58 heavy (non-hydrogen) atoms. The molecule has 9 aromatic carbocycles. The highest BCUT2D eigenvalue weighted by Crippen LogP contribution is 2.43. The third-order valence-electron chi connectivity index (χ3n) is 11.8. The zero-order valence-corrected chi connectivity index (χ0v) is 31.6. The Hall–Kier alpha value is -7.82. The van der Waals surface area contributed by atoms with Gasteiger partial charge in [-0.15, -0.1) is 0 Å². The van der Waals surface area contributed by atoms with Crippen molar-refractivity contribution in [1.29, 1.82) is 0 Å². The average molecular weight is 741 g/mol. The second-order valence-corrected chi connectivity index (χ2v) is 15.0. The Morgan fingerprint density at radius 3 is 1.07 bits per heavy atom. The van der Waals surface area contributed by atoms with Crippen molar-refractivity contribution in [2.24, 2.45) is 0 Å². The first-order valence-electron chi connectivity index (χ1n) is 19.9. The van der Waals surface area contributed by atoms with Gasteiger partial charge in [0.15, 0.2) is 0 Å². The van der Waals surface area contributed by atoms with Crippen LogP contribution in [0.15, 0.2) is 218 Å². The van der Waals surface area contributed by atoms with Crippen LogP contribution in [0.3, 0.4) is 0 Å². The Labute approximate surface area is 335 Å². The third kappa shape index (κ3) is 4.88. The summed E-state index contributed by atoms with van der Waals surface area (Å²) in [7, 11) is 0. The molecule has 0 saturated carbocycles. The molecule has 4 heteroatoms. The van der Waals surface area contributed by atoms with Crippen LogP contribution in [-0.2, 0) is 0 Å². The van der Waals surface area contributed by atoms with Gasteiger partial charge in [0.1, 0.15) is 0 Å². The summed E-state index contributed by atoms with van der Waals surface area (Å²) in [5.41, 5.74) is 13.9. The molecule has 0 fully saturated rings. The summed E-state index contributed by atoms with van der Waals surface area (Å²) in [6.45, 7) is 0. The minimum atomic E-state index is 1.10. The molecule has 0 atom stereocenters. The summed E-state index contributed by atoms with van der Waals surface area (Å²) in [6, 6.07) is 79.2. The van der Waals surface area contributed by atoms with Crippen LogP contribution >= 0.6 is 0 Å². The molecule has 0 aliphatic rings. The Morgan fingerprint density at radius 1 is 0.224 bits per heavy atom. The first-order chi connectivity index (χ1) is 28.8. The summed E-state index contributed by atoms with van der Waals surface area (Å²) in [5, 5.41) is 7.37. The van der Waals surface area contributed by atoms with E-state index in [0.717, 1.165) is 34.1 Å². The Bertz CT molecular complexity index is 3450. The lowest BCUT2D eigenvalue weighted by atomic mass is 10.1. The van der Waals surface area contributed by atoms with Crippen LogP contribution in [0.5, 0.6) is 0 Å². The first kappa shape index (κ1) is 32.4. The van der Waals surface area contributed by atoms with Gasteiger partial charge in [0.25, 0.3) is 0 Å². The fourth-order valence-corrected chi connectivity index (χ4v) is 9.31. The summed E-state index contributed by atoms with van der Waals surface area (Å²) < 4.78 is 7.19. The number of anilines is 3. The Morgan fingerprint density at radius 2 is 0.569 bits per heavy atom. The molecule has 0 unspecified atom stereocenters. The van der Waals surface area contributed by atoms with Crippen LogP contribution < -0.4 is 4.90 Å². The summed E-state index contributed by atoms with van der Waals surface area (Å²) >= 11 is 0. The number of nitrogens with zero attached hydrogens (tertiary/aromatic N) is 4. The molecule has 12 aromatic rings. The molecule has 0 bridgehead atoms. The van der Waals surface area contributed by atoms with E-state index in [-0.39, 0.29) is 0 Å². The maximum atomic E-state index is 2.41. The molecule has 0 saturated heterocycles. The second-order valence-electron chi connectivity index (χ2n) is 15.0. The summed E-state index contributed by atoms with van der Waals surface area (Å²) in [4.78, 5) is 2.40. The van der Waals surface area contributed by atoms with Crippen molar-refractivity contribution >= 4 is 82.5 Å². The van der Waals surface area contributed by atoms with Crippen molar-refractivity contribution in [3.63, 3.8) is 0 Å². The minimum Gasteiger partial charge on any atom is -0.310 e. The molecular formula is C54H36N4. The van der Waals surface area contributed by atoms with E-state index in [1.807, 2.05) is 0 Å². The van der Waals surface area contributed by atoms with E-state index < -0.39 is 0 Å². The smallest absolute Gasteiger partial charge is 0.0542 e. The molecule has 0 aliphatic heterocycles. The molecule has 0 spiro atoms. The van der Waals surface area contributed by atoms with Gasteiger partial charge in [-0.25, -0.2) is 0 Å². The zero-order valence-electron chi connectivity index (χ0n) is 31.6. The molecule has 272 valence electrons. The standard InChI is InChI=1S/C54H36N4/c1-4-16-37(17-5-1)55(40-28-31-52-46(34-40)45-24-12-15-27-51(45)56(52)38-18-6-2-7-19-38)41-29-32-53-47(35-41)48-36-42(30-33-54(48)57(53)39-20-8-3-9-21-39)58-49-25-13-10-22-43(49)44-23-11-14-26-50(44)58/h1-36H. The molecule has 0 amide bonds. The molecular weight excluding hydrogens is 705 g/mol. The van der Waals surface area contributed by atoms with Crippen molar-refractivity contribution in [1.82, 2.24) is 13.7 Å². The van der Waals surface area contributed by atoms with E-state index in [1.165, 1.54) is 65.4 Å². The molecule has 3 aromatic heterocycles. The SMILES string of the molecule is c1ccc(N(c2ccc3c(c2)c2ccccc2n3-c2ccccc2)c2ccc3c(c2)c2cc(-n4c5ccccc5c5ccccc54)ccc2n3-c2ccccc2)cc1. The van der Waals surface area contributed by atoms with Gasteiger partial charge < -0.3 is 18.6 Å². The zero-order chi connectivity index (χ0) is 38.2. The highest BCUT2D eigenvalue weighted by molar-refractivity contribution is 6.14. The monoisotopic (exact) mass is 740 g/mol. The lowest BCUT2D eigenvalue weighted by Crippen LogP contribution is -2.09. The van der Waals surface area contributed by atoms with Crippen LogP contribution in [0.1, 0.15) is 0 Å². The number of aromatic nitrogens is 3. The minimum absolute atomic E-state index is 1.10. The lowest BCUT2D eigenvalue weighted by molar-refractivity contribution is 1.16. The van der Waals surface area contributed by atoms with Gasteiger partial charge in [-0.3, -0.25) is 0 Å². The van der Waals surface area contributed by atoms with E-state index in [1.54, 1.807) is 0 Å². The highest BCUT2D eigenvalue weighted by Gasteiger charge is 2.21. The molecule has 0 radical (unpaired) electrons. The van der Waals surface area contributed by atoms with Crippen LogP contribution in [0, 0.1) is 0 Å². The predicted molar refractivity (Wildman–Crippen MR) is 244 cm³/mol. The van der Waals surface area contributed by atoms with Gasteiger partial charge in [0.05, 0.1) is 33.1 Å². The third-order valence-corrected chi connectivity index (χ3v) is 11.8. The van der Waals surface area contributed by atoms with Gasteiger partial charge >= 0.3 is 0 Å². The average Bonchev–Trinajstić information content (AvgIpc) is 3.93. The predicted octanol–water partition coefficient (Wildman–Crippen LogP) is 14.4. The van der Waals surface area contributed by atoms with E-state index >= 15 is 0 Å². The number of para-hydroxylation sites is 6. The Balaban J connectivity index is 1.11. The number of rotatable bonds is 6. The fourth-order valence-electron chi connectivity index (χ4n) is 9.31. The van der Waals surface area contributed by atoms with Crippen LogP contribution in [0.4, 0.5) is 17.1 Å². The quantitative estimate of drug-likeness (QED) is 0.166. The van der Waals surface area contributed by atoms with E-state index in [2.05, 4.69) is 237 Å². The molecule has 0 aliphatic carbocycles. The first-order valence-corrected chi connectivity index (χ1v) is 19.9. The second kappa shape index (κ2) is 12.9. The molecule has 3 heterocycles. The molecule has 12 rings (SSSR count). The number of hydrogen-bond donors (Lipinski definition) is 0. The van der Waals surface area contributed by atoms with Crippen molar-refractivity contribution in [3.05, 3.63) is 218 Å². The van der Waals surface area contributed by atoms with Gasteiger partial charge in [0, 0.05) is 66.4 Å². The van der Waals surface area contributed by atoms with Crippen LogP contribution in [0.25, 0.3) is 82.5 Å². The normalized spacial score (nSPS) is 11.8. The van der Waals surface area contributed by atoms with Crippen molar-refractivity contribution in [2.45, 2.75) is 0 Å². The topological polar surface area (TPSA) is 18.0 Å².